The van der Waals surface area contributed by atoms with Gasteiger partial charge in [-0.3, -0.25) is 0 Å². The zero-order valence-corrected chi connectivity index (χ0v) is 11.4. The topological polar surface area (TPSA) is 42.2 Å². The molecule has 0 aliphatic heterocycles. The van der Waals surface area contributed by atoms with Crippen LogP contribution >= 0.6 is 11.6 Å². The Kier molecular flexibility index (Phi) is 4.69. The summed E-state index contributed by atoms with van der Waals surface area (Å²) in [6.45, 7) is 0.635. The third-order valence-corrected chi connectivity index (χ3v) is 3.05. The molecule has 0 aliphatic carbocycles. The lowest BCUT2D eigenvalue weighted by atomic mass is 10.2. The van der Waals surface area contributed by atoms with E-state index in [0.717, 1.165) is 25.3 Å². The minimum atomic E-state index is -4.45. The number of nitrogens with one attached hydrogen (secondary N) is 1. The van der Waals surface area contributed by atoms with E-state index in [1.807, 2.05) is 0 Å². The van der Waals surface area contributed by atoms with E-state index in [0.29, 0.717) is 23.8 Å². The molecule has 1 N–H and O–H groups in total. The van der Waals surface area contributed by atoms with Gasteiger partial charge >= 0.3 is 6.18 Å². The number of unbranched alkanes of at least 4 members (excludes halogenated alkanes) is 2. The first-order chi connectivity index (χ1) is 9.52. The molecule has 0 aliphatic rings. The molecule has 0 saturated carbocycles. The molecule has 0 aromatic carbocycles. The Hall–Kier alpha value is -1.50. The SMILES string of the molecule is FC(F)(F)c1cc2c(NCCCCCCl)nccn2n1. The van der Waals surface area contributed by atoms with E-state index >= 15 is 0 Å². The molecule has 2 aromatic heterocycles. The smallest absolute Gasteiger partial charge is 0.368 e. The van der Waals surface area contributed by atoms with Crippen LogP contribution < -0.4 is 5.32 Å². The molecule has 20 heavy (non-hydrogen) atoms. The van der Waals surface area contributed by atoms with E-state index in [9.17, 15) is 13.2 Å². The number of anilines is 1. The second-order valence-corrected chi connectivity index (χ2v) is 4.69. The van der Waals surface area contributed by atoms with Crippen LogP contribution in [0.5, 0.6) is 0 Å². The van der Waals surface area contributed by atoms with Crippen LogP contribution in [0.15, 0.2) is 18.5 Å². The number of hydrogen-bond acceptors (Lipinski definition) is 3. The van der Waals surface area contributed by atoms with Crippen molar-refractivity contribution in [3.05, 3.63) is 24.2 Å². The van der Waals surface area contributed by atoms with Gasteiger partial charge in [-0.1, -0.05) is 6.42 Å². The summed E-state index contributed by atoms with van der Waals surface area (Å²) in [5, 5.41) is 6.53. The van der Waals surface area contributed by atoms with Crippen molar-refractivity contribution >= 4 is 22.9 Å². The van der Waals surface area contributed by atoms with E-state index in [2.05, 4.69) is 15.4 Å². The van der Waals surface area contributed by atoms with E-state index in [-0.39, 0.29) is 0 Å². The largest absolute Gasteiger partial charge is 0.435 e. The van der Waals surface area contributed by atoms with Crippen molar-refractivity contribution in [3.63, 3.8) is 0 Å². The highest BCUT2D eigenvalue weighted by molar-refractivity contribution is 6.17. The van der Waals surface area contributed by atoms with Gasteiger partial charge in [0.05, 0.1) is 0 Å². The summed E-state index contributed by atoms with van der Waals surface area (Å²) >= 11 is 5.57. The molecule has 2 heterocycles. The maximum atomic E-state index is 12.6. The Morgan fingerprint density at radius 1 is 1.25 bits per heavy atom. The first kappa shape index (κ1) is 14.9. The van der Waals surface area contributed by atoms with E-state index in [4.69, 9.17) is 11.6 Å². The van der Waals surface area contributed by atoms with Gasteiger partial charge in [0.15, 0.2) is 11.5 Å². The van der Waals surface area contributed by atoms with Crippen molar-refractivity contribution in [2.75, 3.05) is 17.7 Å². The number of aromatic nitrogens is 3. The Morgan fingerprint density at radius 3 is 2.75 bits per heavy atom. The summed E-state index contributed by atoms with van der Waals surface area (Å²) < 4.78 is 39.0. The fraction of sp³-hybridized carbons (Fsp3) is 0.500. The van der Waals surface area contributed by atoms with Gasteiger partial charge in [0.25, 0.3) is 0 Å². The predicted molar refractivity (Wildman–Crippen MR) is 71.0 cm³/mol. The van der Waals surface area contributed by atoms with Crippen LogP contribution in [0.2, 0.25) is 0 Å². The van der Waals surface area contributed by atoms with Crippen LogP contribution in [-0.4, -0.2) is 27.0 Å². The van der Waals surface area contributed by atoms with Crippen molar-refractivity contribution in [2.24, 2.45) is 0 Å². The highest BCUT2D eigenvalue weighted by Crippen LogP contribution is 2.29. The van der Waals surface area contributed by atoms with Crippen molar-refractivity contribution < 1.29 is 13.2 Å². The molecule has 110 valence electrons. The van der Waals surface area contributed by atoms with E-state index in [1.54, 1.807) is 0 Å². The van der Waals surface area contributed by atoms with E-state index in [1.165, 1.54) is 16.9 Å². The number of rotatable bonds is 6. The highest BCUT2D eigenvalue weighted by Gasteiger charge is 2.34. The molecule has 0 atom stereocenters. The molecule has 0 radical (unpaired) electrons. The van der Waals surface area contributed by atoms with Gasteiger partial charge in [-0.2, -0.15) is 18.3 Å². The molecular formula is C12H14ClF3N4. The van der Waals surface area contributed by atoms with Crippen LogP contribution in [-0.2, 0) is 6.18 Å². The Morgan fingerprint density at radius 2 is 2.05 bits per heavy atom. The maximum absolute atomic E-state index is 12.6. The van der Waals surface area contributed by atoms with Crippen LogP contribution in [0.3, 0.4) is 0 Å². The summed E-state index contributed by atoms with van der Waals surface area (Å²) in [5.41, 5.74) is -0.604. The van der Waals surface area contributed by atoms with Gasteiger partial charge in [-0.05, 0) is 12.8 Å². The van der Waals surface area contributed by atoms with Crippen LogP contribution in [0, 0.1) is 0 Å². The predicted octanol–water partition coefficient (Wildman–Crippen LogP) is 3.57. The summed E-state index contributed by atoms with van der Waals surface area (Å²) in [6.07, 6.45) is 1.13. The van der Waals surface area contributed by atoms with Gasteiger partial charge in [0.1, 0.15) is 5.52 Å². The fourth-order valence-electron chi connectivity index (χ4n) is 1.80. The second-order valence-electron chi connectivity index (χ2n) is 4.31. The molecule has 0 bridgehead atoms. The lowest BCUT2D eigenvalue weighted by molar-refractivity contribution is -0.141. The molecule has 0 unspecified atom stereocenters. The Bertz CT molecular complexity index is 567. The molecular weight excluding hydrogens is 293 g/mol. The molecule has 8 heteroatoms. The lowest BCUT2D eigenvalue weighted by Crippen LogP contribution is -2.06. The fourth-order valence-corrected chi connectivity index (χ4v) is 1.99. The second kappa shape index (κ2) is 6.30. The minimum Gasteiger partial charge on any atom is -0.368 e. The standard InChI is InChI=1S/C12H14ClF3N4/c13-4-2-1-3-5-17-11-9-8-10(12(14,15)16)19-20(9)7-6-18-11/h6-8H,1-5H2,(H,17,18). The van der Waals surface area contributed by atoms with Crippen molar-refractivity contribution in [1.82, 2.24) is 14.6 Å². The van der Waals surface area contributed by atoms with Crippen molar-refractivity contribution in [1.29, 1.82) is 0 Å². The zero-order chi connectivity index (χ0) is 14.6. The summed E-state index contributed by atoms with van der Waals surface area (Å²) in [7, 11) is 0. The number of halogens is 4. The number of alkyl halides is 4. The van der Waals surface area contributed by atoms with Gasteiger partial charge < -0.3 is 5.32 Å². The van der Waals surface area contributed by atoms with Gasteiger partial charge in [0.2, 0.25) is 0 Å². The van der Waals surface area contributed by atoms with Crippen molar-refractivity contribution in [3.8, 4) is 0 Å². The monoisotopic (exact) mass is 306 g/mol. The lowest BCUT2D eigenvalue weighted by Gasteiger charge is -2.06. The van der Waals surface area contributed by atoms with Crippen LogP contribution in [0.1, 0.15) is 25.0 Å². The molecule has 2 rings (SSSR count). The number of fused-ring (bicyclic) bond motifs is 1. The van der Waals surface area contributed by atoms with Gasteiger partial charge in [0, 0.05) is 30.9 Å². The van der Waals surface area contributed by atoms with Gasteiger partial charge in [-0.15, -0.1) is 11.6 Å². The quantitative estimate of drug-likeness (QED) is 0.655. The third-order valence-electron chi connectivity index (χ3n) is 2.78. The minimum absolute atomic E-state index is 0.317. The molecule has 0 fully saturated rings. The third kappa shape index (κ3) is 3.53. The average Bonchev–Trinajstić information content (AvgIpc) is 2.83. The summed E-state index contributed by atoms with van der Waals surface area (Å²) in [6, 6.07) is 0.994. The molecule has 4 nitrogen and oxygen atoms in total. The maximum Gasteiger partial charge on any atom is 0.435 e. The highest BCUT2D eigenvalue weighted by atomic mass is 35.5. The average molecular weight is 307 g/mol. The molecule has 0 spiro atoms. The summed E-state index contributed by atoms with van der Waals surface area (Å²) in [4.78, 5) is 4.05. The molecule has 2 aromatic rings. The zero-order valence-electron chi connectivity index (χ0n) is 10.6. The Balaban J connectivity index is 2.11. The first-order valence-corrected chi connectivity index (χ1v) is 6.77. The van der Waals surface area contributed by atoms with E-state index < -0.39 is 11.9 Å². The van der Waals surface area contributed by atoms with Crippen LogP contribution in [0.25, 0.3) is 5.52 Å². The number of nitrogens with zero attached hydrogens (tertiary/aromatic N) is 3. The first-order valence-electron chi connectivity index (χ1n) is 6.24. The van der Waals surface area contributed by atoms with Crippen LogP contribution in [0.4, 0.5) is 19.0 Å². The van der Waals surface area contributed by atoms with Crippen molar-refractivity contribution in [2.45, 2.75) is 25.4 Å². The number of hydrogen-bond donors (Lipinski definition) is 1. The molecule has 0 amide bonds. The summed E-state index contributed by atoms with van der Waals surface area (Å²) in [5.74, 6) is 1.02. The molecule has 0 saturated heterocycles. The Labute approximate surface area is 118 Å². The normalized spacial score (nSPS) is 12.0. The van der Waals surface area contributed by atoms with Gasteiger partial charge in [-0.25, -0.2) is 9.50 Å².